The predicted molar refractivity (Wildman–Crippen MR) is 51.2 cm³/mol. The van der Waals surface area contributed by atoms with Gasteiger partial charge in [0, 0.05) is 6.54 Å². The van der Waals surface area contributed by atoms with Gasteiger partial charge in [0.1, 0.15) is 0 Å². The van der Waals surface area contributed by atoms with Gasteiger partial charge in [-0.3, -0.25) is 0 Å². The van der Waals surface area contributed by atoms with Gasteiger partial charge in [-0.15, -0.1) is 0 Å². The third kappa shape index (κ3) is 1.32. The molecule has 0 heterocycles. The van der Waals surface area contributed by atoms with Crippen LogP contribution in [0, 0.1) is 0 Å². The van der Waals surface area contributed by atoms with E-state index in [4.69, 9.17) is 5.73 Å². The Bertz CT molecular complexity index is 332. The van der Waals surface area contributed by atoms with E-state index in [0.717, 1.165) is 11.1 Å². The van der Waals surface area contributed by atoms with Crippen LogP contribution in [-0.2, 0) is 12.0 Å². The summed E-state index contributed by atoms with van der Waals surface area (Å²) in [5, 5.41) is 0. The molecule has 1 nitrogen and oxygen atoms in total. The Labute approximate surface area is 81.9 Å². The van der Waals surface area contributed by atoms with Crippen molar-refractivity contribution in [3.63, 3.8) is 0 Å². The van der Waals surface area contributed by atoms with Crippen LogP contribution in [0.4, 0.5) is 8.78 Å². The molecule has 2 N–H and O–H groups in total. The summed E-state index contributed by atoms with van der Waals surface area (Å²) in [5.74, 6) is 0. The highest BCUT2D eigenvalue weighted by Crippen LogP contribution is 2.53. The van der Waals surface area contributed by atoms with E-state index >= 15 is 0 Å². The number of alkyl halides is 2. The molecule has 2 rings (SSSR count). The topological polar surface area (TPSA) is 26.0 Å². The Kier molecular flexibility index (Phi) is 2.27. The van der Waals surface area contributed by atoms with Crippen molar-refractivity contribution in [1.29, 1.82) is 0 Å². The summed E-state index contributed by atoms with van der Waals surface area (Å²) in [7, 11) is 0. The lowest BCUT2D eigenvalue weighted by atomic mass is 9.92. The zero-order valence-electron chi connectivity index (χ0n) is 7.84. The van der Waals surface area contributed by atoms with Gasteiger partial charge in [0.25, 0.3) is 0 Å². The van der Waals surface area contributed by atoms with Crippen LogP contribution in [-0.4, -0.2) is 6.43 Å². The van der Waals surface area contributed by atoms with Crippen LogP contribution in [0.25, 0.3) is 0 Å². The Morgan fingerprint density at radius 1 is 1.29 bits per heavy atom. The highest BCUT2D eigenvalue weighted by atomic mass is 19.3. The van der Waals surface area contributed by atoms with Gasteiger partial charge in [-0.2, -0.15) is 0 Å². The molecule has 1 saturated carbocycles. The predicted octanol–water partition coefficient (Wildman–Crippen LogP) is 2.44. The van der Waals surface area contributed by atoms with Crippen LogP contribution in [0.2, 0.25) is 0 Å². The van der Waals surface area contributed by atoms with E-state index in [1.54, 1.807) is 12.1 Å². The van der Waals surface area contributed by atoms with Gasteiger partial charge >= 0.3 is 0 Å². The van der Waals surface area contributed by atoms with Crippen molar-refractivity contribution in [2.75, 3.05) is 0 Å². The van der Waals surface area contributed by atoms with Crippen molar-refractivity contribution in [3.05, 3.63) is 35.4 Å². The summed E-state index contributed by atoms with van der Waals surface area (Å²) in [4.78, 5) is 0. The van der Waals surface area contributed by atoms with Gasteiger partial charge in [-0.05, 0) is 24.0 Å². The molecule has 0 radical (unpaired) electrons. The normalized spacial score (nSPS) is 18.6. The molecule has 0 bridgehead atoms. The van der Waals surface area contributed by atoms with E-state index in [0.29, 0.717) is 19.4 Å². The zero-order chi connectivity index (χ0) is 10.2. The van der Waals surface area contributed by atoms with E-state index in [-0.39, 0.29) is 0 Å². The van der Waals surface area contributed by atoms with E-state index in [9.17, 15) is 8.78 Å². The number of nitrogens with two attached hydrogens (primary N) is 1. The molecule has 1 aromatic rings. The average Bonchev–Trinajstić information content (AvgIpc) is 2.98. The minimum absolute atomic E-state index is 0.338. The molecular weight excluding hydrogens is 184 g/mol. The maximum atomic E-state index is 12.8. The molecule has 0 unspecified atom stereocenters. The Morgan fingerprint density at radius 3 is 2.43 bits per heavy atom. The monoisotopic (exact) mass is 197 g/mol. The first kappa shape index (κ1) is 9.59. The molecule has 0 saturated heterocycles. The fourth-order valence-electron chi connectivity index (χ4n) is 1.92. The number of hydrogen-bond donors (Lipinski definition) is 1. The zero-order valence-corrected chi connectivity index (χ0v) is 7.84. The molecule has 76 valence electrons. The van der Waals surface area contributed by atoms with Crippen LogP contribution < -0.4 is 5.73 Å². The van der Waals surface area contributed by atoms with Crippen molar-refractivity contribution < 1.29 is 8.78 Å². The van der Waals surface area contributed by atoms with Crippen molar-refractivity contribution in [2.45, 2.75) is 31.2 Å². The highest BCUT2D eigenvalue weighted by Gasteiger charge is 2.53. The van der Waals surface area contributed by atoms with Crippen LogP contribution >= 0.6 is 0 Å². The maximum Gasteiger partial charge on any atom is 0.248 e. The Hall–Kier alpha value is -0.960. The Morgan fingerprint density at radius 2 is 1.93 bits per heavy atom. The van der Waals surface area contributed by atoms with Gasteiger partial charge < -0.3 is 5.73 Å². The number of halogens is 2. The van der Waals surface area contributed by atoms with Crippen molar-refractivity contribution in [3.8, 4) is 0 Å². The minimum Gasteiger partial charge on any atom is -0.326 e. The fourth-order valence-corrected chi connectivity index (χ4v) is 1.92. The lowest BCUT2D eigenvalue weighted by Crippen LogP contribution is -2.20. The van der Waals surface area contributed by atoms with Crippen molar-refractivity contribution in [1.82, 2.24) is 0 Å². The molecular formula is C11H13F2N. The molecule has 1 aliphatic rings. The molecule has 1 aromatic carbocycles. The van der Waals surface area contributed by atoms with Gasteiger partial charge in [0.15, 0.2) is 0 Å². The van der Waals surface area contributed by atoms with E-state index in [2.05, 4.69) is 0 Å². The SMILES string of the molecule is NCc1ccccc1C1(C(F)F)CC1. The molecule has 0 amide bonds. The van der Waals surface area contributed by atoms with Crippen LogP contribution in [0.15, 0.2) is 24.3 Å². The summed E-state index contributed by atoms with van der Waals surface area (Å²) < 4.78 is 25.7. The molecule has 1 aliphatic carbocycles. The van der Waals surface area contributed by atoms with Crippen LogP contribution in [0.3, 0.4) is 0 Å². The molecule has 0 spiro atoms. The highest BCUT2D eigenvalue weighted by molar-refractivity contribution is 5.39. The fraction of sp³-hybridized carbons (Fsp3) is 0.455. The molecule has 0 aromatic heterocycles. The Balaban J connectivity index is 2.41. The summed E-state index contributed by atoms with van der Waals surface area (Å²) in [6.45, 7) is 0.338. The number of hydrogen-bond acceptors (Lipinski definition) is 1. The van der Waals surface area contributed by atoms with E-state index in [1.165, 1.54) is 0 Å². The third-order valence-corrected chi connectivity index (χ3v) is 2.98. The second kappa shape index (κ2) is 3.31. The van der Waals surface area contributed by atoms with Crippen molar-refractivity contribution >= 4 is 0 Å². The lowest BCUT2D eigenvalue weighted by Gasteiger charge is -2.17. The van der Waals surface area contributed by atoms with Crippen molar-refractivity contribution in [2.24, 2.45) is 5.73 Å². The standard InChI is InChI=1S/C11H13F2N/c12-10(13)11(5-6-11)9-4-2-1-3-8(9)7-14/h1-4,10H,5-7,14H2. The van der Waals surface area contributed by atoms with Gasteiger partial charge in [-0.1, -0.05) is 24.3 Å². The maximum absolute atomic E-state index is 12.8. The quantitative estimate of drug-likeness (QED) is 0.791. The van der Waals surface area contributed by atoms with Gasteiger partial charge in [0.05, 0.1) is 5.41 Å². The minimum atomic E-state index is -2.27. The van der Waals surface area contributed by atoms with Crippen LogP contribution in [0.5, 0.6) is 0 Å². The largest absolute Gasteiger partial charge is 0.326 e. The van der Waals surface area contributed by atoms with E-state index in [1.807, 2.05) is 12.1 Å². The smallest absolute Gasteiger partial charge is 0.248 e. The molecule has 0 atom stereocenters. The number of rotatable bonds is 3. The first-order valence-corrected chi connectivity index (χ1v) is 4.77. The molecule has 0 aliphatic heterocycles. The third-order valence-electron chi connectivity index (χ3n) is 2.98. The summed E-state index contributed by atoms with van der Waals surface area (Å²) in [5.41, 5.74) is 6.25. The van der Waals surface area contributed by atoms with Gasteiger partial charge in [-0.25, -0.2) is 8.78 Å². The molecule has 1 fully saturated rings. The summed E-state index contributed by atoms with van der Waals surface area (Å²) in [6.07, 6.45) is -1.10. The summed E-state index contributed by atoms with van der Waals surface area (Å²) >= 11 is 0. The van der Waals surface area contributed by atoms with E-state index < -0.39 is 11.8 Å². The molecule has 3 heteroatoms. The van der Waals surface area contributed by atoms with Gasteiger partial charge in [0.2, 0.25) is 6.43 Å². The summed E-state index contributed by atoms with van der Waals surface area (Å²) in [6, 6.07) is 7.25. The second-order valence-electron chi connectivity index (χ2n) is 3.82. The molecule has 14 heavy (non-hydrogen) atoms. The first-order chi connectivity index (χ1) is 6.70. The lowest BCUT2D eigenvalue weighted by molar-refractivity contribution is 0.101. The second-order valence-corrected chi connectivity index (χ2v) is 3.82. The van der Waals surface area contributed by atoms with Crippen LogP contribution in [0.1, 0.15) is 24.0 Å². The number of benzene rings is 1. The average molecular weight is 197 g/mol. The first-order valence-electron chi connectivity index (χ1n) is 4.77.